The summed E-state index contributed by atoms with van der Waals surface area (Å²) in [6, 6.07) is 9.86. The van der Waals surface area contributed by atoms with Gasteiger partial charge in [-0.05, 0) is 37.0 Å². The maximum Gasteiger partial charge on any atom is 0.345 e. The van der Waals surface area contributed by atoms with Crippen LogP contribution in [0.3, 0.4) is 0 Å². The van der Waals surface area contributed by atoms with E-state index in [4.69, 9.17) is 0 Å². The van der Waals surface area contributed by atoms with Gasteiger partial charge < -0.3 is 14.9 Å². The summed E-state index contributed by atoms with van der Waals surface area (Å²) in [5.74, 6) is 0.130. The second kappa shape index (κ2) is 6.55. The molecule has 128 valence electrons. The van der Waals surface area contributed by atoms with E-state index >= 15 is 0 Å². The molecular weight excluding hydrogens is 316 g/mol. The fourth-order valence-electron chi connectivity index (χ4n) is 3.69. The predicted molar refractivity (Wildman–Crippen MR) is 95.2 cm³/mol. The Kier molecular flexibility index (Phi) is 4.09. The van der Waals surface area contributed by atoms with Gasteiger partial charge in [0.2, 0.25) is 5.91 Å². The van der Waals surface area contributed by atoms with Gasteiger partial charge in [-0.2, -0.15) is 0 Å². The number of aromatic nitrogens is 3. The number of carbonyl (C=O) groups excluding carboxylic acids is 1. The van der Waals surface area contributed by atoms with E-state index in [1.54, 1.807) is 6.07 Å². The number of rotatable bonds is 4. The number of H-pyrrole nitrogens is 2. The summed E-state index contributed by atoms with van der Waals surface area (Å²) in [6.07, 6.45) is 6.49. The summed E-state index contributed by atoms with van der Waals surface area (Å²) in [5, 5.41) is 1.17. The highest BCUT2D eigenvalue weighted by atomic mass is 16.2. The fraction of sp³-hybridized carbons (Fsp3) is 0.316. The monoisotopic (exact) mass is 336 g/mol. The van der Waals surface area contributed by atoms with Crippen LogP contribution < -0.4 is 5.69 Å². The van der Waals surface area contributed by atoms with Crippen LogP contribution in [0.1, 0.15) is 36.6 Å². The zero-order valence-corrected chi connectivity index (χ0v) is 13.9. The highest BCUT2D eigenvalue weighted by Crippen LogP contribution is 2.31. The van der Waals surface area contributed by atoms with Crippen LogP contribution in [0, 0.1) is 0 Å². The summed E-state index contributed by atoms with van der Waals surface area (Å²) >= 11 is 0. The number of nitrogens with zero attached hydrogens (tertiary/aromatic N) is 2. The van der Waals surface area contributed by atoms with E-state index < -0.39 is 0 Å². The number of fused-ring (bicyclic) bond motifs is 1. The van der Waals surface area contributed by atoms with E-state index in [0.29, 0.717) is 12.8 Å². The third kappa shape index (κ3) is 3.07. The van der Waals surface area contributed by atoms with Gasteiger partial charge in [0.1, 0.15) is 0 Å². The lowest BCUT2D eigenvalue weighted by atomic mass is 10.1. The third-order valence-corrected chi connectivity index (χ3v) is 4.91. The summed E-state index contributed by atoms with van der Waals surface area (Å²) in [6.45, 7) is 0.738. The molecule has 6 heteroatoms. The Bertz CT molecular complexity index is 959. The molecule has 0 bridgehead atoms. The van der Waals surface area contributed by atoms with Crippen molar-refractivity contribution in [3.63, 3.8) is 0 Å². The van der Waals surface area contributed by atoms with Gasteiger partial charge in [-0.1, -0.05) is 18.2 Å². The van der Waals surface area contributed by atoms with E-state index in [0.717, 1.165) is 36.2 Å². The number of likely N-dealkylation sites (tertiary alicyclic amines) is 1. The third-order valence-electron chi connectivity index (χ3n) is 4.91. The van der Waals surface area contributed by atoms with E-state index in [-0.39, 0.29) is 17.6 Å². The highest BCUT2D eigenvalue weighted by molar-refractivity contribution is 5.84. The van der Waals surface area contributed by atoms with Crippen molar-refractivity contribution in [3.05, 3.63) is 64.5 Å². The number of nitrogens with one attached hydrogen (secondary N) is 2. The number of para-hydroxylation sites is 1. The lowest BCUT2D eigenvalue weighted by Gasteiger charge is -2.24. The number of carbonyl (C=O) groups is 1. The minimum atomic E-state index is -0.365. The molecule has 2 aromatic heterocycles. The first-order chi connectivity index (χ1) is 12.2. The molecular formula is C19H20N4O2. The van der Waals surface area contributed by atoms with Crippen molar-refractivity contribution in [2.45, 2.75) is 31.7 Å². The SMILES string of the molecule is O=C(CCc1c[nH]c2ccccc12)N1CCC[C@H]1c1ccnc(=O)[nH]1. The number of aromatic amines is 2. The van der Waals surface area contributed by atoms with Crippen molar-refractivity contribution in [1.82, 2.24) is 19.9 Å². The van der Waals surface area contributed by atoms with E-state index in [9.17, 15) is 9.59 Å². The first-order valence-electron chi connectivity index (χ1n) is 8.62. The summed E-state index contributed by atoms with van der Waals surface area (Å²) in [4.78, 5) is 35.8. The lowest BCUT2D eigenvalue weighted by molar-refractivity contribution is -0.132. The van der Waals surface area contributed by atoms with Crippen molar-refractivity contribution in [3.8, 4) is 0 Å². The number of amides is 1. The largest absolute Gasteiger partial charge is 0.361 e. The van der Waals surface area contributed by atoms with E-state index in [2.05, 4.69) is 21.0 Å². The molecule has 0 radical (unpaired) electrons. The van der Waals surface area contributed by atoms with Gasteiger partial charge in [0.25, 0.3) is 0 Å². The first kappa shape index (κ1) is 15.6. The average molecular weight is 336 g/mol. The molecule has 4 rings (SSSR count). The molecule has 2 N–H and O–H groups in total. The molecule has 1 aliphatic heterocycles. The maximum atomic E-state index is 12.8. The van der Waals surface area contributed by atoms with Crippen molar-refractivity contribution in [2.75, 3.05) is 6.54 Å². The second-order valence-corrected chi connectivity index (χ2v) is 6.43. The Hall–Kier alpha value is -2.89. The Morgan fingerprint density at radius 2 is 2.16 bits per heavy atom. The van der Waals surface area contributed by atoms with Gasteiger partial charge in [-0.25, -0.2) is 9.78 Å². The molecule has 1 fully saturated rings. The molecule has 0 saturated carbocycles. The molecule has 6 nitrogen and oxygen atoms in total. The quantitative estimate of drug-likeness (QED) is 0.768. The average Bonchev–Trinajstić information content (AvgIpc) is 3.27. The van der Waals surface area contributed by atoms with Gasteiger partial charge >= 0.3 is 5.69 Å². The van der Waals surface area contributed by atoms with Crippen LogP contribution in [-0.2, 0) is 11.2 Å². The Morgan fingerprint density at radius 1 is 1.28 bits per heavy atom. The van der Waals surface area contributed by atoms with Crippen LogP contribution in [0.25, 0.3) is 10.9 Å². The van der Waals surface area contributed by atoms with Gasteiger partial charge in [-0.15, -0.1) is 0 Å². The van der Waals surface area contributed by atoms with Crippen LogP contribution in [0.5, 0.6) is 0 Å². The summed E-state index contributed by atoms with van der Waals surface area (Å²) < 4.78 is 0. The number of hydrogen-bond acceptors (Lipinski definition) is 3. The zero-order chi connectivity index (χ0) is 17.2. The Morgan fingerprint density at radius 3 is 3.04 bits per heavy atom. The molecule has 25 heavy (non-hydrogen) atoms. The minimum absolute atomic E-state index is 0.0498. The zero-order valence-electron chi connectivity index (χ0n) is 13.9. The Balaban J connectivity index is 1.48. The van der Waals surface area contributed by atoms with Crippen LogP contribution in [-0.4, -0.2) is 32.3 Å². The summed E-state index contributed by atoms with van der Waals surface area (Å²) in [5.41, 5.74) is 2.67. The molecule has 3 aromatic rings. The van der Waals surface area contributed by atoms with E-state index in [1.165, 1.54) is 11.6 Å². The van der Waals surface area contributed by atoms with Crippen molar-refractivity contribution < 1.29 is 4.79 Å². The van der Waals surface area contributed by atoms with Crippen LogP contribution >= 0.6 is 0 Å². The van der Waals surface area contributed by atoms with Crippen molar-refractivity contribution >= 4 is 16.8 Å². The smallest absolute Gasteiger partial charge is 0.345 e. The molecule has 0 aliphatic carbocycles. The summed E-state index contributed by atoms with van der Waals surface area (Å²) in [7, 11) is 0. The number of hydrogen-bond donors (Lipinski definition) is 2. The van der Waals surface area contributed by atoms with Crippen molar-refractivity contribution in [2.24, 2.45) is 0 Å². The highest BCUT2D eigenvalue weighted by Gasteiger charge is 2.30. The predicted octanol–water partition coefficient (Wildman–Crippen LogP) is 2.55. The van der Waals surface area contributed by atoms with Crippen LogP contribution in [0.4, 0.5) is 0 Å². The number of benzene rings is 1. The molecule has 1 saturated heterocycles. The maximum absolute atomic E-state index is 12.8. The molecule has 3 heterocycles. The van der Waals surface area contributed by atoms with Gasteiger partial charge in [0.15, 0.2) is 0 Å². The van der Waals surface area contributed by atoms with Gasteiger partial charge in [0.05, 0.1) is 6.04 Å². The van der Waals surface area contributed by atoms with E-state index in [1.807, 2.05) is 29.3 Å². The molecule has 0 spiro atoms. The number of aryl methyl sites for hydroxylation is 1. The van der Waals surface area contributed by atoms with Crippen molar-refractivity contribution in [1.29, 1.82) is 0 Å². The lowest BCUT2D eigenvalue weighted by Crippen LogP contribution is -2.32. The van der Waals surface area contributed by atoms with Gasteiger partial charge in [0, 0.05) is 42.0 Å². The van der Waals surface area contributed by atoms with Gasteiger partial charge in [-0.3, -0.25) is 4.79 Å². The van der Waals surface area contributed by atoms with Crippen LogP contribution in [0.15, 0.2) is 47.5 Å². The molecule has 1 aliphatic rings. The molecule has 0 unspecified atom stereocenters. The standard InChI is InChI=1S/C19H20N4O2/c24-18(8-7-13-12-21-15-5-2-1-4-14(13)15)23-11-3-6-17(23)16-9-10-20-19(25)22-16/h1-2,4-5,9-10,12,17,21H,3,6-8,11H2,(H,20,22,25)/t17-/m0/s1. The normalized spacial score (nSPS) is 17.3. The topological polar surface area (TPSA) is 81.8 Å². The Labute approximate surface area is 144 Å². The fourth-order valence-corrected chi connectivity index (χ4v) is 3.69. The molecule has 1 atom stereocenters. The first-order valence-corrected chi connectivity index (χ1v) is 8.62. The van der Waals surface area contributed by atoms with Crippen LogP contribution in [0.2, 0.25) is 0 Å². The molecule has 1 amide bonds. The second-order valence-electron chi connectivity index (χ2n) is 6.43. The molecule has 1 aromatic carbocycles. The minimum Gasteiger partial charge on any atom is -0.361 e.